The fourth-order valence-corrected chi connectivity index (χ4v) is 4.82. The minimum atomic E-state index is -4.98. The van der Waals surface area contributed by atoms with Crippen LogP contribution >= 0.6 is 0 Å². The summed E-state index contributed by atoms with van der Waals surface area (Å²) in [4.78, 5) is 1.23. The van der Waals surface area contributed by atoms with E-state index in [1.54, 1.807) is 12.1 Å². The highest BCUT2D eigenvalue weighted by Gasteiger charge is 2.48. The van der Waals surface area contributed by atoms with Crippen molar-refractivity contribution in [1.29, 1.82) is 0 Å². The minimum Gasteiger partial charge on any atom is -0.406 e. The Labute approximate surface area is 211 Å². The molecule has 38 heavy (non-hydrogen) atoms. The van der Waals surface area contributed by atoms with Gasteiger partial charge in [-0.3, -0.25) is 0 Å². The van der Waals surface area contributed by atoms with Gasteiger partial charge in [0.2, 0.25) is 0 Å². The molecule has 0 aliphatic carbocycles. The van der Waals surface area contributed by atoms with E-state index in [0.29, 0.717) is 5.56 Å². The molecule has 2 atom stereocenters. The van der Waals surface area contributed by atoms with Gasteiger partial charge in [-0.15, -0.1) is 13.2 Å². The number of aliphatic hydroxyl groups is 1. The highest BCUT2D eigenvalue weighted by molar-refractivity contribution is 5.67. The minimum absolute atomic E-state index is 0.103. The summed E-state index contributed by atoms with van der Waals surface area (Å²) in [6.07, 6.45) is -17.6. The average molecular weight is 549 g/mol. The van der Waals surface area contributed by atoms with Gasteiger partial charge in [0.25, 0.3) is 0 Å². The molecule has 12 heteroatoms. The van der Waals surface area contributed by atoms with Crippen LogP contribution in [0.5, 0.6) is 5.75 Å². The van der Waals surface area contributed by atoms with Gasteiger partial charge < -0.3 is 14.7 Å². The zero-order valence-corrected chi connectivity index (χ0v) is 19.3. The lowest BCUT2D eigenvalue weighted by Gasteiger charge is -2.33. The number of rotatable bonds is 6. The van der Waals surface area contributed by atoms with Gasteiger partial charge in [0.1, 0.15) is 5.75 Å². The topological polar surface area (TPSA) is 32.7 Å². The van der Waals surface area contributed by atoms with Crippen molar-refractivity contribution >= 4 is 5.69 Å². The van der Waals surface area contributed by atoms with Crippen LogP contribution in [-0.4, -0.2) is 36.8 Å². The summed E-state index contributed by atoms with van der Waals surface area (Å²) in [7, 11) is 0. The van der Waals surface area contributed by atoms with Gasteiger partial charge in [0.15, 0.2) is 6.10 Å². The lowest BCUT2D eigenvalue weighted by atomic mass is 9.71. The number of alkyl halides is 9. The SMILES string of the molecule is OC(CN1CC(Cc2cccc(OC(F)(F)F)c2)(c2cccc(C(F)(F)F)c2)c2ccccc21)C(F)(F)F. The number of benzene rings is 3. The zero-order chi connectivity index (χ0) is 27.9. The quantitative estimate of drug-likeness (QED) is 0.341. The fourth-order valence-electron chi connectivity index (χ4n) is 4.82. The van der Waals surface area contributed by atoms with Crippen LogP contribution in [0.25, 0.3) is 0 Å². The van der Waals surface area contributed by atoms with Crippen molar-refractivity contribution in [3.05, 3.63) is 95.1 Å². The van der Waals surface area contributed by atoms with Gasteiger partial charge in [-0.2, -0.15) is 26.3 Å². The average Bonchev–Trinajstić information content (AvgIpc) is 3.11. The molecule has 204 valence electrons. The Morgan fingerprint density at radius 2 is 1.53 bits per heavy atom. The Hall–Kier alpha value is -3.41. The number of anilines is 1. The maximum absolute atomic E-state index is 13.6. The van der Waals surface area contributed by atoms with E-state index in [1.165, 1.54) is 41.3 Å². The zero-order valence-electron chi connectivity index (χ0n) is 19.3. The van der Waals surface area contributed by atoms with Crippen LogP contribution in [0, 0.1) is 0 Å². The van der Waals surface area contributed by atoms with E-state index in [4.69, 9.17) is 0 Å². The van der Waals surface area contributed by atoms with Crippen molar-refractivity contribution in [3.63, 3.8) is 0 Å². The highest BCUT2D eigenvalue weighted by Crippen LogP contribution is 2.48. The molecular formula is C26H20F9NO2. The van der Waals surface area contributed by atoms with Crippen molar-refractivity contribution in [2.24, 2.45) is 0 Å². The smallest absolute Gasteiger partial charge is 0.406 e. The predicted molar refractivity (Wildman–Crippen MR) is 120 cm³/mol. The molecule has 1 aliphatic heterocycles. The number of ether oxygens (including phenoxy) is 1. The Morgan fingerprint density at radius 3 is 2.18 bits per heavy atom. The summed E-state index contributed by atoms with van der Waals surface area (Å²) in [6, 6.07) is 15.3. The molecule has 0 bridgehead atoms. The van der Waals surface area contributed by atoms with Crippen LogP contribution in [0.4, 0.5) is 45.2 Å². The molecule has 2 unspecified atom stereocenters. The van der Waals surface area contributed by atoms with E-state index in [0.717, 1.165) is 24.3 Å². The first-order valence-electron chi connectivity index (χ1n) is 11.2. The molecule has 0 fully saturated rings. The van der Waals surface area contributed by atoms with Crippen LogP contribution < -0.4 is 9.64 Å². The van der Waals surface area contributed by atoms with Crippen molar-refractivity contribution in [2.45, 2.75) is 36.7 Å². The Bertz CT molecular complexity index is 1290. The molecule has 0 aromatic heterocycles. The number of aliphatic hydroxyl groups excluding tert-OH is 1. The van der Waals surface area contributed by atoms with Crippen LogP contribution in [0.1, 0.15) is 22.3 Å². The van der Waals surface area contributed by atoms with E-state index in [9.17, 15) is 44.6 Å². The molecule has 0 amide bonds. The van der Waals surface area contributed by atoms with Gasteiger partial charge in [0.05, 0.1) is 12.1 Å². The third-order valence-corrected chi connectivity index (χ3v) is 6.37. The summed E-state index contributed by atoms with van der Waals surface area (Å²) in [5, 5.41) is 9.76. The summed E-state index contributed by atoms with van der Waals surface area (Å²) in [5.74, 6) is -0.551. The number of β-amino-alcohol motifs (C(OH)–C–C–N with tert-alkyl or cyclic N) is 1. The van der Waals surface area contributed by atoms with E-state index >= 15 is 0 Å². The van der Waals surface area contributed by atoms with Gasteiger partial charge in [-0.25, -0.2) is 0 Å². The highest BCUT2D eigenvalue weighted by atomic mass is 19.4. The molecule has 1 aliphatic rings. The molecule has 3 aromatic carbocycles. The largest absolute Gasteiger partial charge is 0.573 e. The number of hydrogen-bond acceptors (Lipinski definition) is 3. The number of hydrogen-bond donors (Lipinski definition) is 1. The van der Waals surface area contributed by atoms with Crippen molar-refractivity contribution < 1.29 is 49.4 Å². The van der Waals surface area contributed by atoms with Crippen molar-refractivity contribution in [3.8, 4) is 5.75 Å². The Kier molecular flexibility index (Phi) is 7.06. The lowest BCUT2D eigenvalue weighted by molar-refractivity contribution is -0.274. The molecule has 1 heterocycles. The van der Waals surface area contributed by atoms with Gasteiger partial charge in [-0.05, 0) is 47.4 Å². The molecule has 1 N–H and O–H groups in total. The normalized spacial score (nSPS) is 18.8. The number of nitrogens with zero attached hydrogens (tertiary/aromatic N) is 1. The van der Waals surface area contributed by atoms with Crippen LogP contribution in [-0.2, 0) is 18.0 Å². The lowest BCUT2D eigenvalue weighted by Crippen LogP contribution is -2.44. The number of fused-ring (bicyclic) bond motifs is 1. The van der Waals surface area contributed by atoms with Crippen LogP contribution in [0.15, 0.2) is 72.8 Å². The third-order valence-electron chi connectivity index (χ3n) is 6.37. The first-order valence-corrected chi connectivity index (χ1v) is 11.2. The van der Waals surface area contributed by atoms with Crippen LogP contribution in [0.2, 0.25) is 0 Å². The molecule has 3 aromatic rings. The maximum atomic E-state index is 13.6. The van der Waals surface area contributed by atoms with E-state index in [-0.39, 0.29) is 29.8 Å². The first kappa shape index (κ1) is 27.6. The number of halogens is 9. The molecule has 4 rings (SSSR count). The van der Waals surface area contributed by atoms with E-state index in [1.807, 2.05) is 0 Å². The van der Waals surface area contributed by atoms with E-state index < -0.39 is 48.1 Å². The second-order valence-corrected chi connectivity index (χ2v) is 8.99. The summed E-state index contributed by atoms with van der Waals surface area (Å²) >= 11 is 0. The maximum Gasteiger partial charge on any atom is 0.573 e. The second kappa shape index (κ2) is 9.72. The standard InChI is InChI=1S/C26H20F9NO2/c27-24(28,29)18-7-4-6-17(12-18)23(13-16-5-3-8-19(11-16)38-26(33,34)35)15-36(14-22(37)25(30,31)32)21-10-2-1-9-20(21)23/h1-12,22,37H,13-15H2. The summed E-state index contributed by atoms with van der Waals surface area (Å²) < 4.78 is 123. The Morgan fingerprint density at radius 1 is 0.842 bits per heavy atom. The van der Waals surface area contributed by atoms with E-state index in [2.05, 4.69) is 4.74 Å². The summed E-state index contributed by atoms with van der Waals surface area (Å²) in [5.41, 5.74) is -1.41. The summed E-state index contributed by atoms with van der Waals surface area (Å²) in [6.45, 7) is -1.16. The predicted octanol–water partition coefficient (Wildman–Crippen LogP) is 6.88. The second-order valence-electron chi connectivity index (χ2n) is 8.99. The van der Waals surface area contributed by atoms with Crippen molar-refractivity contribution in [2.75, 3.05) is 18.0 Å². The number of para-hydroxylation sites is 1. The molecule has 3 nitrogen and oxygen atoms in total. The third kappa shape index (κ3) is 5.85. The van der Waals surface area contributed by atoms with Gasteiger partial charge in [0, 0.05) is 17.6 Å². The monoisotopic (exact) mass is 549 g/mol. The molecule has 0 saturated heterocycles. The van der Waals surface area contributed by atoms with Gasteiger partial charge >= 0.3 is 18.7 Å². The molecule has 0 saturated carbocycles. The Balaban J connectivity index is 1.86. The van der Waals surface area contributed by atoms with Crippen LogP contribution in [0.3, 0.4) is 0 Å². The van der Waals surface area contributed by atoms with Crippen molar-refractivity contribution in [1.82, 2.24) is 0 Å². The first-order chi connectivity index (χ1) is 17.6. The molecule has 0 spiro atoms. The molecule has 0 radical (unpaired) electrons. The van der Waals surface area contributed by atoms with Gasteiger partial charge in [-0.1, -0.05) is 48.5 Å². The fraction of sp³-hybridized carbons (Fsp3) is 0.308. The molecular weight excluding hydrogens is 529 g/mol.